The molecule has 4 heteroatoms. The Hall–Kier alpha value is -0.760. The van der Waals surface area contributed by atoms with Crippen molar-refractivity contribution in [2.24, 2.45) is 0 Å². The molecule has 25 heavy (non-hydrogen) atoms. The lowest BCUT2D eigenvalue weighted by molar-refractivity contribution is 0.174. The topological polar surface area (TPSA) is 35.5 Å². The second kappa shape index (κ2) is 7.10. The van der Waals surface area contributed by atoms with Crippen LogP contribution in [0.4, 0.5) is 0 Å². The van der Waals surface area contributed by atoms with Crippen molar-refractivity contribution in [3.05, 3.63) is 28.8 Å². The van der Waals surface area contributed by atoms with Gasteiger partial charge in [0, 0.05) is 24.8 Å². The minimum Gasteiger partial charge on any atom is -0.385 e. The summed E-state index contributed by atoms with van der Waals surface area (Å²) in [5, 5.41) is 0.923. The zero-order valence-electron chi connectivity index (χ0n) is 17.2. The van der Waals surface area contributed by atoms with E-state index in [0.717, 1.165) is 23.7 Å². The number of hydrogen-bond acceptors (Lipinski definition) is 3. The van der Waals surface area contributed by atoms with E-state index < -0.39 is 8.03 Å². The van der Waals surface area contributed by atoms with Crippen LogP contribution in [0.15, 0.2) is 12.1 Å². The van der Waals surface area contributed by atoms with E-state index in [1.54, 1.807) is 7.11 Å². The minimum absolute atomic E-state index is 0.0377. The van der Waals surface area contributed by atoms with Crippen LogP contribution in [0.2, 0.25) is 0 Å². The lowest BCUT2D eigenvalue weighted by Gasteiger charge is -2.31. The van der Waals surface area contributed by atoms with Gasteiger partial charge in [0.05, 0.1) is 0 Å². The summed E-state index contributed by atoms with van der Waals surface area (Å²) >= 11 is 0. The number of hydrogen-bond donors (Lipinski definition) is 0. The molecule has 0 saturated heterocycles. The highest BCUT2D eigenvalue weighted by Gasteiger charge is 2.44. The van der Waals surface area contributed by atoms with Gasteiger partial charge in [0.2, 0.25) is 5.30 Å². The van der Waals surface area contributed by atoms with Crippen molar-refractivity contribution in [3.8, 4) is 0 Å². The third-order valence-electron chi connectivity index (χ3n) is 5.48. The molecule has 0 aromatic heterocycles. The van der Waals surface area contributed by atoms with Gasteiger partial charge in [-0.1, -0.05) is 60.6 Å². The predicted octanol–water partition coefficient (Wildman–Crippen LogP) is 5.36. The van der Waals surface area contributed by atoms with Crippen molar-refractivity contribution < 1.29 is 13.8 Å². The van der Waals surface area contributed by atoms with Crippen LogP contribution in [0.25, 0.3) is 0 Å². The summed E-state index contributed by atoms with van der Waals surface area (Å²) in [5.74, 6) is 0. The first-order valence-corrected chi connectivity index (χ1v) is 10.4. The average Bonchev–Trinajstić information content (AvgIpc) is 2.60. The molecular formula is C21H34O3P+. The van der Waals surface area contributed by atoms with Gasteiger partial charge in [0.1, 0.15) is 6.61 Å². The number of benzene rings is 1. The van der Waals surface area contributed by atoms with E-state index in [-0.39, 0.29) is 16.2 Å². The van der Waals surface area contributed by atoms with E-state index in [1.165, 1.54) is 11.1 Å². The van der Waals surface area contributed by atoms with Crippen LogP contribution >= 0.6 is 8.03 Å². The third kappa shape index (κ3) is 4.32. The molecule has 1 aliphatic heterocycles. The van der Waals surface area contributed by atoms with Gasteiger partial charge in [0.25, 0.3) is 0 Å². The molecular weight excluding hydrogens is 331 g/mol. The van der Waals surface area contributed by atoms with E-state index in [9.17, 15) is 4.57 Å². The van der Waals surface area contributed by atoms with Gasteiger partial charge in [-0.25, -0.2) is 0 Å². The van der Waals surface area contributed by atoms with Crippen LogP contribution in [0, 0.1) is 0 Å². The molecule has 0 aliphatic carbocycles. The van der Waals surface area contributed by atoms with Crippen molar-refractivity contribution in [3.63, 3.8) is 0 Å². The molecule has 3 nitrogen and oxygen atoms in total. The van der Waals surface area contributed by atoms with Gasteiger partial charge in [-0.15, -0.1) is 4.52 Å². The molecule has 1 aromatic carbocycles. The van der Waals surface area contributed by atoms with Crippen LogP contribution in [0.5, 0.6) is 0 Å². The highest BCUT2D eigenvalue weighted by Crippen LogP contribution is 2.43. The molecule has 1 atom stereocenters. The zero-order chi connectivity index (χ0) is 19.0. The Bertz CT molecular complexity index is 654. The van der Waals surface area contributed by atoms with Crippen molar-refractivity contribution in [2.45, 2.75) is 77.6 Å². The van der Waals surface area contributed by atoms with Crippen LogP contribution in [0.3, 0.4) is 0 Å². The van der Waals surface area contributed by atoms with E-state index in [4.69, 9.17) is 9.26 Å². The Morgan fingerprint density at radius 1 is 1.20 bits per heavy atom. The Morgan fingerprint density at radius 2 is 1.84 bits per heavy atom. The summed E-state index contributed by atoms with van der Waals surface area (Å²) in [4.78, 5) is 0. The Balaban J connectivity index is 2.79. The van der Waals surface area contributed by atoms with Gasteiger partial charge >= 0.3 is 8.03 Å². The van der Waals surface area contributed by atoms with Crippen LogP contribution in [-0.2, 0) is 30.1 Å². The van der Waals surface area contributed by atoms with Gasteiger partial charge < -0.3 is 4.74 Å². The first-order valence-electron chi connectivity index (χ1n) is 9.19. The smallest absolute Gasteiger partial charge is 0.385 e. The van der Waals surface area contributed by atoms with Crippen molar-refractivity contribution in [1.82, 2.24) is 0 Å². The molecule has 0 spiro atoms. The summed E-state index contributed by atoms with van der Waals surface area (Å²) in [6.07, 6.45) is 1.76. The number of fused-ring (bicyclic) bond motifs is 1. The van der Waals surface area contributed by atoms with Crippen LogP contribution in [0.1, 0.15) is 78.0 Å². The Morgan fingerprint density at radius 3 is 2.40 bits per heavy atom. The maximum Gasteiger partial charge on any atom is 0.549 e. The molecule has 2 rings (SSSR count). The van der Waals surface area contributed by atoms with Crippen molar-refractivity contribution >= 4 is 13.3 Å². The van der Waals surface area contributed by atoms with E-state index in [0.29, 0.717) is 13.2 Å². The summed E-state index contributed by atoms with van der Waals surface area (Å²) in [6, 6.07) is 4.53. The quantitative estimate of drug-likeness (QED) is 0.674. The molecule has 1 unspecified atom stereocenters. The van der Waals surface area contributed by atoms with E-state index in [2.05, 4.69) is 60.6 Å². The monoisotopic (exact) mass is 365 g/mol. The summed E-state index contributed by atoms with van der Waals surface area (Å²) in [5.41, 5.74) is 3.50. The number of ether oxygens (including phenoxy) is 1. The zero-order valence-corrected chi connectivity index (χ0v) is 18.0. The predicted molar refractivity (Wildman–Crippen MR) is 105 cm³/mol. The standard InChI is InChI=1S/C21H34O3P/c1-19(2,3)15-13-16(20(4,5)9-11-23-8)18-17(14-15)21(6,7)10-12-24-25(18)22/h13-14H,9-12H2,1-8H3/q+1. The van der Waals surface area contributed by atoms with Crippen LogP contribution in [-0.4, -0.2) is 20.3 Å². The molecule has 1 aliphatic rings. The largest absolute Gasteiger partial charge is 0.549 e. The van der Waals surface area contributed by atoms with Crippen LogP contribution < -0.4 is 5.30 Å². The number of methoxy groups -OCH3 is 1. The normalized spacial score (nSPS) is 19.4. The molecule has 1 aromatic rings. The second-order valence-corrected chi connectivity index (χ2v) is 10.7. The molecule has 0 fully saturated rings. The molecule has 1 heterocycles. The van der Waals surface area contributed by atoms with E-state index >= 15 is 0 Å². The highest BCUT2D eigenvalue weighted by molar-refractivity contribution is 7.48. The van der Waals surface area contributed by atoms with Crippen molar-refractivity contribution in [2.75, 3.05) is 20.3 Å². The average molecular weight is 365 g/mol. The molecule has 0 N–H and O–H groups in total. The minimum atomic E-state index is -1.83. The lowest BCUT2D eigenvalue weighted by atomic mass is 9.72. The fourth-order valence-corrected chi connectivity index (χ4v) is 4.88. The van der Waals surface area contributed by atoms with Gasteiger partial charge in [-0.05, 0) is 39.2 Å². The summed E-state index contributed by atoms with van der Waals surface area (Å²) < 4.78 is 24.0. The lowest BCUT2D eigenvalue weighted by Crippen LogP contribution is -2.33. The molecule has 140 valence electrons. The fourth-order valence-electron chi connectivity index (χ4n) is 3.37. The first-order chi connectivity index (χ1) is 11.4. The molecule has 0 radical (unpaired) electrons. The molecule has 0 amide bonds. The third-order valence-corrected chi connectivity index (χ3v) is 6.75. The second-order valence-electron chi connectivity index (χ2n) is 9.52. The molecule has 0 bridgehead atoms. The maximum absolute atomic E-state index is 13.0. The van der Waals surface area contributed by atoms with Crippen molar-refractivity contribution in [1.29, 1.82) is 0 Å². The highest BCUT2D eigenvalue weighted by atomic mass is 31.1. The van der Waals surface area contributed by atoms with E-state index in [1.807, 2.05) is 0 Å². The summed E-state index contributed by atoms with van der Waals surface area (Å²) in [7, 11) is -0.101. The SMILES string of the molecule is COCCC(C)(C)c1cc(C(C)(C)C)cc2c1[P+](=O)OCCC2(C)C. The number of rotatable bonds is 4. The fraction of sp³-hybridized carbons (Fsp3) is 0.714. The summed E-state index contributed by atoms with van der Waals surface area (Å²) in [6.45, 7) is 16.8. The molecule has 0 saturated carbocycles. The first kappa shape index (κ1) is 20.6. The maximum atomic E-state index is 13.0. The van der Waals surface area contributed by atoms with Gasteiger partial charge in [0.15, 0.2) is 0 Å². The Labute approximate surface area is 154 Å². The van der Waals surface area contributed by atoms with Gasteiger partial charge in [-0.2, -0.15) is 0 Å². The van der Waals surface area contributed by atoms with Gasteiger partial charge in [-0.3, -0.25) is 0 Å². The Kier molecular flexibility index (Phi) is 5.84.